The normalized spacial score (nSPS) is 10.8. The predicted molar refractivity (Wildman–Crippen MR) is 126 cm³/mol. The number of nitrogens with one attached hydrogen (secondary N) is 2. The number of rotatable bonds is 6. The number of thioether (sulfide) groups is 1. The quantitative estimate of drug-likeness (QED) is 0.341. The average Bonchev–Trinajstić information content (AvgIpc) is 3.19. The van der Waals surface area contributed by atoms with E-state index in [9.17, 15) is 9.59 Å². The van der Waals surface area contributed by atoms with E-state index >= 15 is 0 Å². The summed E-state index contributed by atoms with van der Waals surface area (Å²) in [5.74, 6) is -0.174. The molecular weight excluding hydrogens is 424 g/mol. The van der Waals surface area contributed by atoms with Gasteiger partial charge in [-0.1, -0.05) is 23.9 Å². The molecule has 0 saturated carbocycles. The zero-order chi connectivity index (χ0) is 22.7. The van der Waals surface area contributed by atoms with Gasteiger partial charge in [0.2, 0.25) is 11.8 Å². The lowest BCUT2D eigenvalue weighted by Gasteiger charge is -2.08. The van der Waals surface area contributed by atoms with Gasteiger partial charge in [0, 0.05) is 18.3 Å². The lowest BCUT2D eigenvalue weighted by Crippen LogP contribution is -2.14. The Balaban J connectivity index is 1.48. The molecule has 2 amide bonds. The molecule has 9 heteroatoms. The Morgan fingerprint density at radius 2 is 1.78 bits per heavy atom. The molecule has 0 spiro atoms. The molecule has 32 heavy (non-hydrogen) atoms. The zero-order valence-corrected chi connectivity index (χ0v) is 18.7. The van der Waals surface area contributed by atoms with Crippen LogP contribution in [0.25, 0.3) is 16.7 Å². The molecule has 0 atom stereocenters. The molecule has 162 valence electrons. The van der Waals surface area contributed by atoms with Crippen LogP contribution in [0, 0.1) is 13.8 Å². The third-order valence-corrected chi connectivity index (χ3v) is 5.88. The fourth-order valence-electron chi connectivity index (χ4n) is 3.19. The van der Waals surface area contributed by atoms with Crippen LogP contribution in [0.5, 0.6) is 0 Å². The van der Waals surface area contributed by atoms with Gasteiger partial charge in [0.25, 0.3) is 0 Å². The molecule has 8 nitrogen and oxygen atoms in total. The second kappa shape index (κ2) is 9.19. The molecule has 0 radical (unpaired) electrons. The Kier molecular flexibility index (Phi) is 6.18. The molecule has 2 aromatic carbocycles. The smallest absolute Gasteiger partial charge is 0.234 e. The number of fused-ring (bicyclic) bond motifs is 1. The first-order valence-electron chi connectivity index (χ1n) is 9.97. The van der Waals surface area contributed by atoms with Crippen LogP contribution in [0.2, 0.25) is 0 Å². The van der Waals surface area contributed by atoms with E-state index in [0.29, 0.717) is 22.0 Å². The van der Waals surface area contributed by atoms with Crippen LogP contribution in [-0.4, -0.2) is 37.3 Å². The number of anilines is 2. The highest BCUT2D eigenvalue weighted by Crippen LogP contribution is 2.26. The third-order valence-electron chi connectivity index (χ3n) is 4.87. The van der Waals surface area contributed by atoms with E-state index in [1.807, 2.05) is 6.07 Å². The summed E-state index contributed by atoms with van der Waals surface area (Å²) >= 11 is 1.32. The molecule has 4 rings (SSSR count). The van der Waals surface area contributed by atoms with Crippen molar-refractivity contribution in [3.05, 3.63) is 66.1 Å². The van der Waals surface area contributed by atoms with Gasteiger partial charge >= 0.3 is 0 Å². The van der Waals surface area contributed by atoms with Crippen molar-refractivity contribution in [1.82, 2.24) is 19.7 Å². The van der Waals surface area contributed by atoms with Gasteiger partial charge < -0.3 is 10.6 Å². The lowest BCUT2D eigenvalue weighted by atomic mass is 10.1. The summed E-state index contributed by atoms with van der Waals surface area (Å²) in [6, 6.07) is 13.1. The van der Waals surface area contributed by atoms with Gasteiger partial charge in [0.05, 0.1) is 23.0 Å². The van der Waals surface area contributed by atoms with Crippen molar-refractivity contribution in [3.63, 3.8) is 0 Å². The molecule has 0 unspecified atom stereocenters. The minimum Gasteiger partial charge on any atom is -0.326 e. The largest absolute Gasteiger partial charge is 0.326 e. The van der Waals surface area contributed by atoms with E-state index in [4.69, 9.17) is 0 Å². The fraction of sp³-hybridized carbons (Fsp3) is 0.174. The molecular formula is C23H22N6O2S. The number of carbonyl (C=O) groups excluding carboxylic acids is 2. The van der Waals surface area contributed by atoms with Crippen molar-refractivity contribution in [2.45, 2.75) is 25.8 Å². The van der Waals surface area contributed by atoms with Crippen LogP contribution in [0.1, 0.15) is 18.1 Å². The number of hydrogen-bond donors (Lipinski definition) is 2. The minimum atomic E-state index is -0.178. The minimum absolute atomic E-state index is 0.168. The molecule has 2 heterocycles. The molecule has 4 aromatic rings. The molecule has 0 aliphatic heterocycles. The molecule has 0 aliphatic rings. The number of aryl methyl sites for hydroxylation is 2. The van der Waals surface area contributed by atoms with Gasteiger partial charge in [-0.05, 0) is 55.3 Å². The number of aromatic nitrogens is 4. The van der Waals surface area contributed by atoms with Gasteiger partial charge in [-0.25, -0.2) is 14.6 Å². The van der Waals surface area contributed by atoms with Crippen LogP contribution in [0.15, 0.2) is 60.0 Å². The molecule has 0 bridgehead atoms. The first-order valence-corrected chi connectivity index (χ1v) is 11.0. The summed E-state index contributed by atoms with van der Waals surface area (Å²) in [7, 11) is 0. The van der Waals surface area contributed by atoms with E-state index in [0.717, 1.165) is 11.1 Å². The Morgan fingerprint density at radius 1 is 1.00 bits per heavy atom. The third kappa shape index (κ3) is 4.78. The highest BCUT2D eigenvalue weighted by atomic mass is 32.2. The van der Waals surface area contributed by atoms with Crippen LogP contribution in [0.4, 0.5) is 11.4 Å². The van der Waals surface area contributed by atoms with Gasteiger partial charge in [-0.2, -0.15) is 5.10 Å². The maximum absolute atomic E-state index is 12.5. The number of carbonyl (C=O) groups is 2. The number of hydrogen-bond acceptors (Lipinski definition) is 6. The summed E-state index contributed by atoms with van der Waals surface area (Å²) in [6.45, 7) is 5.57. The maximum Gasteiger partial charge on any atom is 0.234 e. The van der Waals surface area contributed by atoms with Crippen molar-refractivity contribution in [2.24, 2.45) is 0 Å². The van der Waals surface area contributed by atoms with Crippen molar-refractivity contribution in [1.29, 1.82) is 0 Å². The molecule has 2 N–H and O–H groups in total. The van der Waals surface area contributed by atoms with E-state index in [1.165, 1.54) is 36.1 Å². The highest BCUT2D eigenvalue weighted by molar-refractivity contribution is 8.00. The maximum atomic E-state index is 12.5. The van der Waals surface area contributed by atoms with E-state index in [1.54, 1.807) is 35.1 Å². The Hall–Kier alpha value is -3.72. The highest BCUT2D eigenvalue weighted by Gasteiger charge is 2.14. The number of benzene rings is 2. The van der Waals surface area contributed by atoms with Crippen molar-refractivity contribution >= 4 is 46.0 Å². The molecule has 2 aromatic heterocycles. The average molecular weight is 447 g/mol. The summed E-state index contributed by atoms with van der Waals surface area (Å²) in [5, 5.41) is 11.5. The topological polar surface area (TPSA) is 102 Å². The van der Waals surface area contributed by atoms with Crippen molar-refractivity contribution < 1.29 is 9.59 Å². The summed E-state index contributed by atoms with van der Waals surface area (Å²) in [4.78, 5) is 32.4. The Labute approximate surface area is 189 Å². The van der Waals surface area contributed by atoms with E-state index < -0.39 is 0 Å². The van der Waals surface area contributed by atoms with Gasteiger partial charge in [0.1, 0.15) is 11.4 Å². The second-order valence-corrected chi connectivity index (χ2v) is 8.30. The Bertz CT molecular complexity index is 1320. The Morgan fingerprint density at radius 3 is 2.53 bits per heavy atom. The predicted octanol–water partition coefficient (Wildman–Crippen LogP) is 4.12. The fourth-order valence-corrected chi connectivity index (χ4v) is 3.95. The molecule has 0 aliphatic carbocycles. The lowest BCUT2D eigenvalue weighted by molar-refractivity contribution is -0.114. The number of nitrogens with zero attached hydrogens (tertiary/aromatic N) is 4. The first kappa shape index (κ1) is 21.5. The van der Waals surface area contributed by atoms with E-state index in [-0.39, 0.29) is 17.6 Å². The summed E-state index contributed by atoms with van der Waals surface area (Å²) < 4.78 is 1.78. The first-order chi connectivity index (χ1) is 15.4. The summed E-state index contributed by atoms with van der Waals surface area (Å²) in [6.07, 6.45) is 3.21. The number of amides is 2. The van der Waals surface area contributed by atoms with Gasteiger partial charge in [0.15, 0.2) is 5.65 Å². The monoisotopic (exact) mass is 446 g/mol. The molecule has 0 saturated heterocycles. The van der Waals surface area contributed by atoms with E-state index in [2.05, 4.69) is 51.7 Å². The second-order valence-electron chi connectivity index (χ2n) is 7.34. The van der Waals surface area contributed by atoms with Crippen molar-refractivity contribution in [2.75, 3.05) is 16.4 Å². The summed E-state index contributed by atoms with van der Waals surface area (Å²) in [5.41, 5.74) is 5.24. The van der Waals surface area contributed by atoms with Crippen LogP contribution in [0.3, 0.4) is 0 Å². The van der Waals surface area contributed by atoms with Crippen LogP contribution >= 0.6 is 11.8 Å². The zero-order valence-electron chi connectivity index (χ0n) is 17.9. The van der Waals surface area contributed by atoms with Gasteiger partial charge in [-0.15, -0.1) is 0 Å². The van der Waals surface area contributed by atoms with Crippen LogP contribution < -0.4 is 10.6 Å². The van der Waals surface area contributed by atoms with Gasteiger partial charge in [-0.3, -0.25) is 9.59 Å². The van der Waals surface area contributed by atoms with Crippen molar-refractivity contribution in [3.8, 4) is 5.69 Å². The standard InChI is InChI=1S/C23H22N6O2S/c1-14-7-8-19(9-15(14)2)29-22-20(11-26-29)23(25-13-24-22)32-12-21(31)28-18-6-4-5-17(10-18)27-16(3)30/h4-11,13H,12H2,1-3H3,(H,27,30)(H,28,31). The van der Waals surface area contributed by atoms with Crippen LogP contribution in [-0.2, 0) is 9.59 Å². The molecule has 0 fully saturated rings. The SMILES string of the molecule is CC(=O)Nc1cccc(NC(=O)CSc2ncnc3c2cnn3-c2ccc(C)c(C)c2)c1.